The third-order valence-electron chi connectivity index (χ3n) is 3.35. The summed E-state index contributed by atoms with van der Waals surface area (Å²) in [6.07, 6.45) is 2.72. The maximum atomic E-state index is 12.0. The maximum Gasteiger partial charge on any atom is 0.323 e. The van der Waals surface area contributed by atoms with E-state index >= 15 is 0 Å². The van der Waals surface area contributed by atoms with Crippen LogP contribution in [0, 0.1) is 0 Å². The Kier molecular flexibility index (Phi) is 4.74. The smallest absolute Gasteiger partial charge is 0.323 e. The van der Waals surface area contributed by atoms with Crippen LogP contribution in [0.3, 0.4) is 0 Å². The maximum absolute atomic E-state index is 12.0. The Morgan fingerprint density at radius 3 is 2.75 bits per heavy atom. The lowest BCUT2D eigenvalue weighted by Gasteiger charge is -2.23. The van der Waals surface area contributed by atoms with Crippen molar-refractivity contribution in [2.75, 3.05) is 12.4 Å². The molecule has 1 atom stereocenters. The molecule has 0 spiro atoms. The molecule has 0 aliphatic heterocycles. The predicted octanol–water partition coefficient (Wildman–Crippen LogP) is 4.07. The number of carbonyl (C=O) groups is 1. The number of benzene rings is 1. The summed E-state index contributed by atoms with van der Waals surface area (Å²) in [7, 11) is 1.80. The largest absolute Gasteiger partial charge is 0.325 e. The van der Waals surface area contributed by atoms with Crippen LogP contribution in [0.25, 0.3) is 10.4 Å². The summed E-state index contributed by atoms with van der Waals surface area (Å²) < 4.78 is 0. The Morgan fingerprint density at radius 2 is 2.10 bits per heavy atom. The highest BCUT2D eigenvalue weighted by Gasteiger charge is 2.15. The highest BCUT2D eigenvalue weighted by molar-refractivity contribution is 7.19. The summed E-state index contributed by atoms with van der Waals surface area (Å²) in [5.74, 6) is 0. The monoisotopic (exact) mass is 289 g/mol. The molecule has 0 saturated heterocycles. The number of thiazole rings is 1. The van der Waals surface area contributed by atoms with Crippen molar-refractivity contribution in [2.24, 2.45) is 0 Å². The van der Waals surface area contributed by atoms with Crippen LogP contribution >= 0.6 is 11.3 Å². The molecule has 0 fully saturated rings. The Bertz CT molecular complexity index is 568. The van der Waals surface area contributed by atoms with E-state index in [-0.39, 0.29) is 12.1 Å². The van der Waals surface area contributed by atoms with Gasteiger partial charge in [0.2, 0.25) is 0 Å². The van der Waals surface area contributed by atoms with Crippen molar-refractivity contribution in [2.45, 2.75) is 26.3 Å². The van der Waals surface area contributed by atoms with E-state index in [1.165, 1.54) is 11.3 Å². The second-order valence-corrected chi connectivity index (χ2v) is 5.72. The number of carbonyl (C=O) groups excluding carboxylic acids is 1. The highest BCUT2D eigenvalue weighted by Crippen LogP contribution is 2.28. The number of hydrogen-bond donors (Lipinski definition) is 1. The van der Waals surface area contributed by atoms with Gasteiger partial charge in [-0.25, -0.2) is 9.78 Å². The van der Waals surface area contributed by atoms with Gasteiger partial charge < -0.3 is 4.90 Å². The van der Waals surface area contributed by atoms with Gasteiger partial charge in [0.25, 0.3) is 0 Å². The third-order valence-corrected chi connectivity index (χ3v) is 4.31. The van der Waals surface area contributed by atoms with Crippen molar-refractivity contribution in [1.82, 2.24) is 9.88 Å². The van der Waals surface area contributed by atoms with Gasteiger partial charge in [-0.05, 0) is 18.9 Å². The molecule has 0 aliphatic rings. The van der Waals surface area contributed by atoms with E-state index in [2.05, 4.69) is 17.2 Å². The average Bonchev–Trinajstić information content (AvgIpc) is 2.95. The van der Waals surface area contributed by atoms with Crippen molar-refractivity contribution < 1.29 is 4.79 Å². The van der Waals surface area contributed by atoms with Gasteiger partial charge in [-0.15, -0.1) is 0 Å². The number of nitrogens with zero attached hydrogens (tertiary/aromatic N) is 2. The molecule has 0 radical (unpaired) electrons. The van der Waals surface area contributed by atoms with E-state index < -0.39 is 0 Å². The number of rotatable bonds is 4. The van der Waals surface area contributed by atoms with Crippen LogP contribution in [0.15, 0.2) is 36.5 Å². The molecule has 0 saturated carbocycles. The molecule has 0 aliphatic carbocycles. The number of hydrogen-bond acceptors (Lipinski definition) is 3. The van der Waals surface area contributed by atoms with Crippen LogP contribution in [0.1, 0.15) is 20.3 Å². The number of anilines is 1. The number of aromatic nitrogens is 1. The SMILES string of the molecule is CCC(C)N(C)C(=O)Nc1ncc(-c2ccccc2)s1. The molecule has 0 bridgehead atoms. The van der Waals surface area contributed by atoms with Crippen molar-refractivity contribution >= 4 is 22.5 Å². The molecule has 1 aromatic heterocycles. The van der Waals surface area contributed by atoms with E-state index in [0.29, 0.717) is 5.13 Å². The van der Waals surface area contributed by atoms with Gasteiger partial charge in [0.05, 0.1) is 4.88 Å². The zero-order valence-corrected chi connectivity index (χ0v) is 12.8. The first-order chi connectivity index (χ1) is 9.61. The molecule has 1 N–H and O–H groups in total. The zero-order chi connectivity index (χ0) is 14.5. The van der Waals surface area contributed by atoms with Crippen LogP contribution in [-0.2, 0) is 0 Å². The second kappa shape index (κ2) is 6.52. The lowest BCUT2D eigenvalue weighted by molar-refractivity contribution is 0.206. The summed E-state index contributed by atoms with van der Waals surface area (Å²) in [5.41, 5.74) is 1.11. The molecule has 106 valence electrons. The molecule has 20 heavy (non-hydrogen) atoms. The molecule has 1 unspecified atom stereocenters. The van der Waals surface area contributed by atoms with Gasteiger partial charge >= 0.3 is 6.03 Å². The highest BCUT2D eigenvalue weighted by atomic mass is 32.1. The lowest BCUT2D eigenvalue weighted by Crippen LogP contribution is -2.37. The summed E-state index contributed by atoms with van der Waals surface area (Å²) in [5, 5.41) is 3.47. The molecule has 1 aromatic carbocycles. The Balaban J connectivity index is 2.05. The van der Waals surface area contributed by atoms with Crippen molar-refractivity contribution in [1.29, 1.82) is 0 Å². The van der Waals surface area contributed by atoms with Crippen molar-refractivity contribution in [3.8, 4) is 10.4 Å². The molecule has 2 rings (SSSR count). The van der Waals surface area contributed by atoms with E-state index in [0.717, 1.165) is 16.9 Å². The lowest BCUT2D eigenvalue weighted by atomic mass is 10.2. The normalized spacial score (nSPS) is 11.9. The van der Waals surface area contributed by atoms with E-state index in [9.17, 15) is 4.79 Å². The van der Waals surface area contributed by atoms with Crippen molar-refractivity contribution in [3.05, 3.63) is 36.5 Å². The fourth-order valence-electron chi connectivity index (χ4n) is 1.72. The van der Waals surface area contributed by atoms with Crippen LogP contribution in [-0.4, -0.2) is 29.0 Å². The predicted molar refractivity (Wildman–Crippen MR) is 84.1 cm³/mol. The van der Waals surface area contributed by atoms with Gasteiger partial charge in [0.15, 0.2) is 5.13 Å². The van der Waals surface area contributed by atoms with E-state index in [4.69, 9.17) is 0 Å². The van der Waals surface area contributed by atoms with Crippen LogP contribution in [0.2, 0.25) is 0 Å². The fraction of sp³-hybridized carbons (Fsp3) is 0.333. The second-order valence-electron chi connectivity index (χ2n) is 4.69. The minimum absolute atomic E-state index is 0.117. The summed E-state index contributed by atoms with van der Waals surface area (Å²) in [6, 6.07) is 10.1. The van der Waals surface area contributed by atoms with E-state index in [1.54, 1.807) is 18.1 Å². The third kappa shape index (κ3) is 3.36. The quantitative estimate of drug-likeness (QED) is 0.922. The first-order valence-corrected chi connectivity index (χ1v) is 7.48. The molecular formula is C15H19N3OS. The van der Waals surface area contributed by atoms with Crippen LogP contribution in [0.4, 0.5) is 9.93 Å². The molecule has 2 aromatic rings. The van der Waals surface area contributed by atoms with Gasteiger partial charge in [0.1, 0.15) is 0 Å². The Hall–Kier alpha value is -1.88. The topological polar surface area (TPSA) is 45.2 Å². The first kappa shape index (κ1) is 14.5. The van der Waals surface area contributed by atoms with Gasteiger partial charge in [-0.3, -0.25) is 5.32 Å². The van der Waals surface area contributed by atoms with Gasteiger partial charge in [0, 0.05) is 19.3 Å². The van der Waals surface area contributed by atoms with Gasteiger partial charge in [-0.2, -0.15) is 0 Å². The molecule has 2 amide bonds. The van der Waals surface area contributed by atoms with E-state index in [1.807, 2.05) is 37.3 Å². The molecule has 1 heterocycles. The summed E-state index contributed by atoms with van der Waals surface area (Å²) in [4.78, 5) is 19.0. The molecular weight excluding hydrogens is 270 g/mol. The van der Waals surface area contributed by atoms with Crippen LogP contribution < -0.4 is 5.32 Å². The summed E-state index contributed by atoms with van der Waals surface area (Å²) >= 11 is 1.48. The van der Waals surface area contributed by atoms with Crippen LogP contribution in [0.5, 0.6) is 0 Å². The standard InChI is InChI=1S/C15H19N3OS/c1-4-11(2)18(3)15(19)17-14-16-10-13(20-14)12-8-6-5-7-9-12/h5-11H,4H2,1-3H3,(H,16,17,19). The summed E-state index contributed by atoms with van der Waals surface area (Å²) in [6.45, 7) is 4.09. The van der Waals surface area contributed by atoms with Gasteiger partial charge in [-0.1, -0.05) is 48.6 Å². The number of nitrogens with one attached hydrogen (secondary N) is 1. The number of urea groups is 1. The minimum Gasteiger partial charge on any atom is -0.325 e. The Morgan fingerprint density at radius 1 is 1.40 bits per heavy atom. The average molecular weight is 289 g/mol. The zero-order valence-electron chi connectivity index (χ0n) is 12.0. The minimum atomic E-state index is -0.117. The number of amides is 2. The first-order valence-electron chi connectivity index (χ1n) is 6.67. The van der Waals surface area contributed by atoms with Crippen molar-refractivity contribution in [3.63, 3.8) is 0 Å². The molecule has 5 heteroatoms. The Labute approximate surface area is 123 Å². The molecule has 4 nitrogen and oxygen atoms in total. The fourth-order valence-corrected chi connectivity index (χ4v) is 2.53.